The predicted octanol–water partition coefficient (Wildman–Crippen LogP) is 1.42. The molecule has 80 valence electrons. The average molecular weight is 207 g/mol. The quantitative estimate of drug-likeness (QED) is 0.770. The van der Waals surface area contributed by atoms with Crippen LogP contribution in [-0.2, 0) is 11.2 Å². The third-order valence-electron chi connectivity index (χ3n) is 2.67. The summed E-state index contributed by atoms with van der Waals surface area (Å²) in [4.78, 5) is 10.8. The molecule has 15 heavy (non-hydrogen) atoms. The van der Waals surface area contributed by atoms with Gasteiger partial charge in [-0.15, -0.1) is 0 Å². The van der Waals surface area contributed by atoms with E-state index in [2.05, 4.69) is 5.32 Å². The molecule has 4 nitrogen and oxygen atoms in total. The summed E-state index contributed by atoms with van der Waals surface area (Å²) in [6, 6.07) is 3.32. The highest BCUT2D eigenvalue weighted by atomic mass is 16.5. The molecular weight excluding hydrogens is 194 g/mol. The number of anilines is 1. The molecule has 1 aliphatic rings. The standard InChI is InChI=1S/C11H13NO3/c1-6-3-8-7(5-10(6)15-2)4-9(12-8)11(13)14/h3,5,9,12H,4H2,1-2H3,(H,13,14). The minimum Gasteiger partial charge on any atom is -0.496 e. The molecule has 0 fully saturated rings. The minimum absolute atomic E-state index is 0.508. The van der Waals surface area contributed by atoms with Gasteiger partial charge in [-0.2, -0.15) is 0 Å². The molecule has 4 heteroatoms. The van der Waals surface area contributed by atoms with Gasteiger partial charge in [0.05, 0.1) is 7.11 Å². The van der Waals surface area contributed by atoms with Crippen molar-refractivity contribution < 1.29 is 14.6 Å². The van der Waals surface area contributed by atoms with Crippen LogP contribution in [0.1, 0.15) is 11.1 Å². The first-order valence-electron chi connectivity index (χ1n) is 4.78. The summed E-state index contributed by atoms with van der Waals surface area (Å²) in [5.41, 5.74) is 2.92. The van der Waals surface area contributed by atoms with Gasteiger partial charge in [-0.3, -0.25) is 0 Å². The second kappa shape index (κ2) is 3.46. The molecule has 0 aromatic heterocycles. The molecule has 1 atom stereocenters. The van der Waals surface area contributed by atoms with Gasteiger partial charge in [0.15, 0.2) is 0 Å². The van der Waals surface area contributed by atoms with Crippen molar-refractivity contribution in [1.29, 1.82) is 0 Å². The molecule has 1 heterocycles. The fourth-order valence-corrected chi connectivity index (χ4v) is 1.86. The van der Waals surface area contributed by atoms with Gasteiger partial charge in [0.2, 0.25) is 0 Å². The van der Waals surface area contributed by atoms with E-state index in [0.717, 1.165) is 22.6 Å². The Morgan fingerprint density at radius 1 is 1.60 bits per heavy atom. The number of carbonyl (C=O) groups is 1. The van der Waals surface area contributed by atoms with E-state index in [1.165, 1.54) is 0 Å². The topological polar surface area (TPSA) is 58.6 Å². The largest absolute Gasteiger partial charge is 0.496 e. The van der Waals surface area contributed by atoms with Gasteiger partial charge in [-0.25, -0.2) is 4.79 Å². The predicted molar refractivity (Wildman–Crippen MR) is 56.5 cm³/mol. The average Bonchev–Trinajstić information content (AvgIpc) is 2.59. The molecule has 0 amide bonds. The number of aryl methyl sites for hydroxylation is 1. The number of hydrogen-bond donors (Lipinski definition) is 2. The molecule has 1 aromatic carbocycles. The lowest BCUT2D eigenvalue weighted by molar-refractivity contribution is -0.137. The van der Waals surface area contributed by atoms with E-state index in [9.17, 15) is 4.79 Å². The molecule has 0 spiro atoms. The Morgan fingerprint density at radius 3 is 2.93 bits per heavy atom. The highest BCUT2D eigenvalue weighted by Gasteiger charge is 2.26. The minimum atomic E-state index is -0.817. The van der Waals surface area contributed by atoms with E-state index >= 15 is 0 Å². The van der Waals surface area contributed by atoms with Gasteiger partial charge in [-0.1, -0.05) is 0 Å². The molecule has 2 rings (SSSR count). The molecule has 0 aliphatic carbocycles. The Labute approximate surface area is 87.9 Å². The first kappa shape index (κ1) is 9.83. The summed E-state index contributed by atoms with van der Waals surface area (Å²) >= 11 is 0. The van der Waals surface area contributed by atoms with Crippen molar-refractivity contribution in [3.63, 3.8) is 0 Å². The monoisotopic (exact) mass is 207 g/mol. The van der Waals surface area contributed by atoms with Gasteiger partial charge in [0, 0.05) is 12.1 Å². The van der Waals surface area contributed by atoms with Crippen LogP contribution in [0.5, 0.6) is 5.75 Å². The van der Waals surface area contributed by atoms with Gasteiger partial charge < -0.3 is 15.2 Å². The van der Waals surface area contributed by atoms with E-state index in [1.807, 2.05) is 19.1 Å². The maximum absolute atomic E-state index is 10.8. The number of rotatable bonds is 2. The number of carboxylic acid groups (broad SMARTS) is 1. The van der Waals surface area contributed by atoms with E-state index in [1.54, 1.807) is 7.11 Å². The maximum atomic E-state index is 10.8. The van der Waals surface area contributed by atoms with Crippen molar-refractivity contribution in [1.82, 2.24) is 0 Å². The Hall–Kier alpha value is -1.71. The van der Waals surface area contributed by atoms with Crippen molar-refractivity contribution >= 4 is 11.7 Å². The van der Waals surface area contributed by atoms with Crippen LogP contribution >= 0.6 is 0 Å². The van der Waals surface area contributed by atoms with Crippen molar-refractivity contribution in [2.24, 2.45) is 0 Å². The normalized spacial score (nSPS) is 18.1. The number of methoxy groups -OCH3 is 1. The van der Waals surface area contributed by atoms with Crippen LogP contribution in [0, 0.1) is 6.92 Å². The van der Waals surface area contributed by atoms with Crippen LogP contribution in [0.3, 0.4) is 0 Å². The zero-order valence-corrected chi connectivity index (χ0v) is 8.70. The van der Waals surface area contributed by atoms with E-state index in [0.29, 0.717) is 6.42 Å². The smallest absolute Gasteiger partial charge is 0.326 e. The van der Waals surface area contributed by atoms with Crippen LogP contribution in [0.4, 0.5) is 5.69 Å². The molecule has 1 aliphatic heterocycles. The maximum Gasteiger partial charge on any atom is 0.326 e. The number of ether oxygens (including phenoxy) is 1. The van der Waals surface area contributed by atoms with Crippen molar-refractivity contribution in [3.05, 3.63) is 23.3 Å². The van der Waals surface area contributed by atoms with Crippen LogP contribution in [0.2, 0.25) is 0 Å². The molecule has 0 bridgehead atoms. The number of fused-ring (bicyclic) bond motifs is 1. The Kier molecular flexibility index (Phi) is 2.26. The first-order chi connectivity index (χ1) is 7.11. The van der Waals surface area contributed by atoms with Gasteiger partial charge in [-0.05, 0) is 30.2 Å². The van der Waals surface area contributed by atoms with E-state index < -0.39 is 12.0 Å². The summed E-state index contributed by atoms with van der Waals surface area (Å²) in [5.74, 6) is -0.00981. The number of benzene rings is 1. The molecular formula is C11H13NO3. The molecule has 1 aromatic rings. The third-order valence-corrected chi connectivity index (χ3v) is 2.67. The van der Waals surface area contributed by atoms with Gasteiger partial charge in [0.25, 0.3) is 0 Å². The molecule has 0 saturated heterocycles. The SMILES string of the molecule is COc1cc2c(cc1C)NC(C(=O)O)C2. The number of carboxylic acids is 1. The molecule has 2 N–H and O–H groups in total. The zero-order valence-electron chi connectivity index (χ0n) is 8.70. The lowest BCUT2D eigenvalue weighted by Crippen LogP contribution is -2.26. The Balaban J connectivity index is 2.35. The fourth-order valence-electron chi connectivity index (χ4n) is 1.86. The lowest BCUT2D eigenvalue weighted by atomic mass is 10.1. The summed E-state index contributed by atoms with van der Waals surface area (Å²) in [6.07, 6.45) is 0.515. The molecule has 0 radical (unpaired) electrons. The number of hydrogen-bond acceptors (Lipinski definition) is 3. The fraction of sp³-hybridized carbons (Fsp3) is 0.364. The van der Waals surface area contributed by atoms with E-state index in [-0.39, 0.29) is 0 Å². The summed E-state index contributed by atoms with van der Waals surface area (Å²) in [5, 5.41) is 11.9. The van der Waals surface area contributed by atoms with Crippen molar-refractivity contribution in [3.8, 4) is 5.75 Å². The van der Waals surface area contributed by atoms with E-state index in [4.69, 9.17) is 9.84 Å². The molecule has 0 saturated carbocycles. The van der Waals surface area contributed by atoms with Crippen LogP contribution in [0.25, 0.3) is 0 Å². The van der Waals surface area contributed by atoms with Gasteiger partial charge in [0.1, 0.15) is 11.8 Å². The summed E-state index contributed by atoms with van der Waals surface area (Å²) in [7, 11) is 1.62. The number of nitrogens with one attached hydrogen (secondary N) is 1. The van der Waals surface area contributed by atoms with Gasteiger partial charge >= 0.3 is 5.97 Å². The highest BCUT2D eigenvalue weighted by Crippen LogP contribution is 2.32. The number of aliphatic carboxylic acids is 1. The Morgan fingerprint density at radius 2 is 2.33 bits per heavy atom. The van der Waals surface area contributed by atoms with Crippen LogP contribution in [-0.4, -0.2) is 24.2 Å². The lowest BCUT2D eigenvalue weighted by Gasteiger charge is -2.07. The second-order valence-corrected chi connectivity index (χ2v) is 3.72. The molecule has 1 unspecified atom stereocenters. The van der Waals surface area contributed by atoms with Crippen molar-refractivity contribution in [2.75, 3.05) is 12.4 Å². The summed E-state index contributed by atoms with van der Waals surface area (Å²) in [6.45, 7) is 1.94. The van der Waals surface area contributed by atoms with Crippen molar-refractivity contribution in [2.45, 2.75) is 19.4 Å². The highest BCUT2D eigenvalue weighted by molar-refractivity contribution is 5.81. The summed E-state index contributed by atoms with van der Waals surface area (Å²) < 4.78 is 5.19. The van der Waals surface area contributed by atoms with Crippen LogP contribution in [0.15, 0.2) is 12.1 Å². The second-order valence-electron chi connectivity index (χ2n) is 3.72. The zero-order chi connectivity index (χ0) is 11.0. The first-order valence-corrected chi connectivity index (χ1v) is 4.78. The third kappa shape index (κ3) is 1.63. The Bertz CT molecular complexity index is 415. The van der Waals surface area contributed by atoms with Crippen LogP contribution < -0.4 is 10.1 Å².